The number of halogens is 3. The van der Waals surface area contributed by atoms with E-state index < -0.39 is 11.7 Å². The van der Waals surface area contributed by atoms with Crippen LogP contribution in [0, 0.1) is 0 Å². The van der Waals surface area contributed by atoms with Crippen LogP contribution in [-0.4, -0.2) is 29.1 Å². The number of anilines is 2. The normalized spacial score (nSPS) is 11.1. The molecule has 6 nitrogen and oxygen atoms in total. The van der Waals surface area contributed by atoms with E-state index in [0.29, 0.717) is 33.5 Å². The van der Waals surface area contributed by atoms with Gasteiger partial charge < -0.3 is 20.1 Å². The standard InChI is InChI=1S/C20H19F3N4O2S/c1-28-16-6-7-17(18(9-16)29-2)26-19(30)25-15-10-24-27(12-15)11-13-4-3-5-14(8-13)20(21,22)23/h3-10,12H,11H2,1-2H3,(H2,25,26,30). The van der Waals surface area contributed by atoms with Crippen LogP contribution in [0.15, 0.2) is 54.9 Å². The van der Waals surface area contributed by atoms with Crippen molar-refractivity contribution < 1.29 is 22.6 Å². The Morgan fingerprint density at radius 3 is 2.60 bits per heavy atom. The maximum atomic E-state index is 12.9. The Morgan fingerprint density at radius 1 is 1.10 bits per heavy atom. The van der Waals surface area contributed by atoms with Crippen molar-refractivity contribution in [3.05, 3.63) is 66.0 Å². The van der Waals surface area contributed by atoms with Gasteiger partial charge in [-0.25, -0.2) is 0 Å². The van der Waals surface area contributed by atoms with Crippen molar-refractivity contribution in [2.75, 3.05) is 24.9 Å². The molecule has 158 valence electrons. The molecule has 0 amide bonds. The molecule has 0 fully saturated rings. The van der Waals surface area contributed by atoms with Gasteiger partial charge in [-0.2, -0.15) is 18.3 Å². The highest BCUT2D eigenvalue weighted by Gasteiger charge is 2.30. The third-order valence-corrected chi connectivity index (χ3v) is 4.35. The summed E-state index contributed by atoms with van der Waals surface area (Å²) in [7, 11) is 3.10. The van der Waals surface area contributed by atoms with Gasteiger partial charge >= 0.3 is 6.18 Å². The molecular weight excluding hydrogens is 417 g/mol. The Bertz CT molecular complexity index is 1040. The van der Waals surface area contributed by atoms with Crippen LogP contribution in [0.25, 0.3) is 0 Å². The molecule has 2 N–H and O–H groups in total. The molecule has 0 spiro atoms. The molecule has 2 aromatic carbocycles. The number of hydrogen-bond acceptors (Lipinski definition) is 4. The SMILES string of the molecule is COc1ccc(NC(=S)Nc2cnn(Cc3cccc(C(F)(F)F)c3)c2)c(OC)c1. The number of alkyl halides is 3. The number of methoxy groups -OCH3 is 2. The fourth-order valence-corrected chi connectivity index (χ4v) is 2.96. The van der Waals surface area contributed by atoms with Crippen molar-refractivity contribution in [2.45, 2.75) is 12.7 Å². The van der Waals surface area contributed by atoms with Gasteiger partial charge in [0.05, 0.1) is 43.9 Å². The van der Waals surface area contributed by atoms with E-state index in [1.807, 2.05) is 0 Å². The van der Waals surface area contributed by atoms with Gasteiger partial charge in [0.1, 0.15) is 11.5 Å². The van der Waals surface area contributed by atoms with E-state index in [0.717, 1.165) is 12.1 Å². The summed E-state index contributed by atoms with van der Waals surface area (Å²) < 4.78 is 50.6. The maximum Gasteiger partial charge on any atom is 0.416 e. The summed E-state index contributed by atoms with van der Waals surface area (Å²) >= 11 is 5.31. The van der Waals surface area contributed by atoms with E-state index in [1.54, 1.807) is 37.6 Å². The first-order chi connectivity index (χ1) is 14.3. The molecule has 0 saturated carbocycles. The number of rotatable bonds is 6. The number of hydrogen-bond donors (Lipinski definition) is 2. The molecular formula is C20H19F3N4O2S. The third kappa shape index (κ3) is 5.41. The fourth-order valence-electron chi connectivity index (χ4n) is 2.73. The van der Waals surface area contributed by atoms with Gasteiger partial charge in [0.2, 0.25) is 0 Å². The molecule has 0 atom stereocenters. The summed E-state index contributed by atoms with van der Waals surface area (Å²) in [6.45, 7) is 0.193. The number of benzene rings is 2. The van der Waals surface area contributed by atoms with Crippen molar-refractivity contribution in [3.63, 3.8) is 0 Å². The number of nitrogens with one attached hydrogen (secondary N) is 2. The first-order valence-corrected chi connectivity index (χ1v) is 9.18. The van der Waals surface area contributed by atoms with Gasteiger partial charge in [-0.3, -0.25) is 4.68 Å². The average Bonchev–Trinajstić information content (AvgIpc) is 3.14. The quantitative estimate of drug-likeness (QED) is 0.543. The van der Waals surface area contributed by atoms with Gasteiger partial charge in [0.15, 0.2) is 5.11 Å². The highest BCUT2D eigenvalue weighted by molar-refractivity contribution is 7.80. The summed E-state index contributed by atoms with van der Waals surface area (Å²) in [4.78, 5) is 0. The number of nitrogens with zero attached hydrogens (tertiary/aromatic N) is 2. The number of ether oxygens (including phenoxy) is 2. The second-order valence-corrected chi connectivity index (χ2v) is 6.68. The lowest BCUT2D eigenvalue weighted by molar-refractivity contribution is -0.137. The molecule has 0 aliphatic heterocycles. The van der Waals surface area contributed by atoms with E-state index >= 15 is 0 Å². The second-order valence-electron chi connectivity index (χ2n) is 6.27. The Morgan fingerprint density at radius 2 is 1.90 bits per heavy atom. The fraction of sp³-hybridized carbons (Fsp3) is 0.200. The topological polar surface area (TPSA) is 60.3 Å². The highest BCUT2D eigenvalue weighted by atomic mass is 32.1. The molecule has 0 unspecified atom stereocenters. The predicted molar refractivity (Wildman–Crippen MR) is 112 cm³/mol. The first-order valence-electron chi connectivity index (χ1n) is 8.77. The Labute approximate surface area is 176 Å². The van der Waals surface area contributed by atoms with E-state index in [1.165, 1.54) is 24.1 Å². The van der Waals surface area contributed by atoms with Crippen molar-refractivity contribution in [3.8, 4) is 11.5 Å². The van der Waals surface area contributed by atoms with Gasteiger partial charge in [0.25, 0.3) is 0 Å². The van der Waals surface area contributed by atoms with Gasteiger partial charge in [-0.15, -0.1) is 0 Å². The molecule has 0 aliphatic rings. The third-order valence-electron chi connectivity index (χ3n) is 4.15. The Kier molecular flexibility index (Phi) is 6.46. The van der Waals surface area contributed by atoms with Crippen LogP contribution in [0.2, 0.25) is 0 Å². The van der Waals surface area contributed by atoms with Gasteiger partial charge in [-0.05, 0) is 42.0 Å². The van der Waals surface area contributed by atoms with Crippen LogP contribution >= 0.6 is 12.2 Å². The summed E-state index contributed by atoms with van der Waals surface area (Å²) in [5, 5.41) is 10.5. The van der Waals surface area contributed by atoms with E-state index in [2.05, 4.69) is 15.7 Å². The van der Waals surface area contributed by atoms with Gasteiger partial charge in [-0.1, -0.05) is 12.1 Å². The molecule has 30 heavy (non-hydrogen) atoms. The lowest BCUT2D eigenvalue weighted by Gasteiger charge is -2.13. The lowest BCUT2D eigenvalue weighted by atomic mass is 10.1. The van der Waals surface area contributed by atoms with Crippen LogP contribution in [0.3, 0.4) is 0 Å². The molecule has 10 heteroatoms. The van der Waals surface area contributed by atoms with Crippen LogP contribution < -0.4 is 20.1 Å². The van der Waals surface area contributed by atoms with E-state index in [-0.39, 0.29) is 6.54 Å². The van der Waals surface area contributed by atoms with Crippen molar-refractivity contribution >= 4 is 28.7 Å². The summed E-state index contributed by atoms with van der Waals surface area (Å²) in [6, 6.07) is 10.4. The molecule has 0 saturated heterocycles. The minimum atomic E-state index is -4.38. The Hall–Kier alpha value is -3.27. The van der Waals surface area contributed by atoms with Crippen LogP contribution in [0.5, 0.6) is 11.5 Å². The molecule has 0 aliphatic carbocycles. The summed E-state index contributed by atoms with van der Waals surface area (Å²) in [5.74, 6) is 1.20. The van der Waals surface area contributed by atoms with Crippen LogP contribution in [0.4, 0.5) is 24.5 Å². The number of aromatic nitrogens is 2. The maximum absolute atomic E-state index is 12.9. The van der Waals surface area contributed by atoms with Crippen molar-refractivity contribution in [2.24, 2.45) is 0 Å². The zero-order valence-corrected chi connectivity index (χ0v) is 17.0. The van der Waals surface area contributed by atoms with Crippen LogP contribution in [-0.2, 0) is 12.7 Å². The lowest BCUT2D eigenvalue weighted by Crippen LogP contribution is -2.19. The average molecular weight is 436 g/mol. The summed E-state index contributed by atoms with van der Waals surface area (Å²) in [6.07, 6.45) is -1.19. The zero-order chi connectivity index (χ0) is 21.7. The number of thiocarbonyl (C=S) groups is 1. The zero-order valence-electron chi connectivity index (χ0n) is 16.2. The summed E-state index contributed by atoms with van der Waals surface area (Å²) in [5.41, 5.74) is 1.03. The molecule has 0 radical (unpaired) electrons. The highest BCUT2D eigenvalue weighted by Crippen LogP contribution is 2.30. The first kappa shape index (κ1) is 21.4. The predicted octanol–water partition coefficient (Wildman–Crippen LogP) is 4.78. The van der Waals surface area contributed by atoms with Crippen LogP contribution in [0.1, 0.15) is 11.1 Å². The largest absolute Gasteiger partial charge is 0.497 e. The molecule has 1 heterocycles. The minimum absolute atomic E-state index is 0.193. The smallest absolute Gasteiger partial charge is 0.416 e. The Balaban J connectivity index is 1.64. The van der Waals surface area contributed by atoms with Gasteiger partial charge in [0, 0.05) is 12.3 Å². The molecule has 0 bridgehead atoms. The van der Waals surface area contributed by atoms with Crippen molar-refractivity contribution in [1.29, 1.82) is 0 Å². The molecule has 3 aromatic rings. The monoisotopic (exact) mass is 436 g/mol. The van der Waals surface area contributed by atoms with E-state index in [9.17, 15) is 13.2 Å². The second kappa shape index (κ2) is 9.04. The molecule has 3 rings (SSSR count). The minimum Gasteiger partial charge on any atom is -0.497 e. The molecule has 1 aromatic heterocycles. The van der Waals surface area contributed by atoms with E-state index in [4.69, 9.17) is 21.7 Å². The van der Waals surface area contributed by atoms with Crippen molar-refractivity contribution in [1.82, 2.24) is 9.78 Å².